The number of nitrogens with zero attached hydrogens (tertiary/aromatic N) is 1. The van der Waals surface area contributed by atoms with Crippen molar-refractivity contribution in [2.24, 2.45) is 23.7 Å². The summed E-state index contributed by atoms with van der Waals surface area (Å²) in [5.74, 6) is 2.78. The Morgan fingerprint density at radius 2 is 1.86 bits per heavy atom. The van der Waals surface area contributed by atoms with Crippen molar-refractivity contribution in [3.05, 3.63) is 59.3 Å². The van der Waals surface area contributed by atoms with Gasteiger partial charge in [-0.1, -0.05) is 33.8 Å². The number of amides is 1. The van der Waals surface area contributed by atoms with Crippen LogP contribution in [0.2, 0.25) is 0 Å². The molecule has 2 aromatic rings. The number of furan rings is 1. The van der Waals surface area contributed by atoms with Crippen LogP contribution in [-0.2, 0) is 20.9 Å². The maximum atomic E-state index is 14.0. The molecule has 0 spiro atoms. The van der Waals surface area contributed by atoms with Crippen molar-refractivity contribution in [2.75, 3.05) is 13.7 Å². The number of rotatable bonds is 7. The second-order valence-corrected chi connectivity index (χ2v) is 10.8. The topological polar surface area (TPSA) is 78.2 Å². The lowest BCUT2D eigenvalue weighted by molar-refractivity contribution is -0.137. The van der Waals surface area contributed by atoms with Crippen LogP contribution in [0.5, 0.6) is 11.5 Å². The van der Waals surface area contributed by atoms with Gasteiger partial charge in [0.15, 0.2) is 23.0 Å². The van der Waals surface area contributed by atoms with Crippen molar-refractivity contribution in [2.45, 2.75) is 59.2 Å². The zero-order valence-corrected chi connectivity index (χ0v) is 21.7. The standard InChI is InChI=1S/C29H35NO6/c1-16(2)15-35-22-9-8-19(13-24(22)33-5)26-25-27(31)21-11-17(3)18(4)12-23(21)36-28(25)29(32)30(26)14-20-7-6-10-34-20/h6-10,13,16-18,21,23,26H,11-12,14-15H2,1-5H3. The van der Waals surface area contributed by atoms with Crippen molar-refractivity contribution in [3.63, 3.8) is 0 Å². The predicted octanol–water partition coefficient (Wildman–Crippen LogP) is 5.31. The maximum Gasteiger partial charge on any atom is 0.290 e. The Morgan fingerprint density at radius 3 is 2.56 bits per heavy atom. The van der Waals surface area contributed by atoms with Crippen LogP contribution in [0.15, 0.2) is 52.3 Å². The van der Waals surface area contributed by atoms with E-state index < -0.39 is 6.04 Å². The van der Waals surface area contributed by atoms with Crippen LogP contribution in [0.4, 0.5) is 0 Å². The molecule has 0 N–H and O–H groups in total. The van der Waals surface area contributed by atoms with Crippen LogP contribution in [0.1, 0.15) is 57.9 Å². The number of carbonyl (C=O) groups excluding carboxylic acids is 2. The molecule has 1 aromatic carbocycles. The van der Waals surface area contributed by atoms with Gasteiger partial charge < -0.3 is 23.5 Å². The number of hydrogen-bond donors (Lipinski definition) is 0. The first-order valence-corrected chi connectivity index (χ1v) is 12.9. The molecule has 3 aliphatic rings. The molecule has 3 heterocycles. The Labute approximate surface area is 212 Å². The lowest BCUT2D eigenvalue weighted by Gasteiger charge is -2.40. The van der Waals surface area contributed by atoms with E-state index in [1.807, 2.05) is 24.3 Å². The van der Waals surface area contributed by atoms with Gasteiger partial charge in [0, 0.05) is 0 Å². The first-order chi connectivity index (χ1) is 17.3. The molecule has 0 saturated heterocycles. The lowest BCUT2D eigenvalue weighted by atomic mass is 9.70. The van der Waals surface area contributed by atoms with E-state index in [1.165, 1.54) is 0 Å². The van der Waals surface area contributed by atoms with Crippen molar-refractivity contribution in [1.82, 2.24) is 4.90 Å². The molecule has 7 heteroatoms. The summed E-state index contributed by atoms with van der Waals surface area (Å²) < 4.78 is 23.5. The molecule has 7 nitrogen and oxygen atoms in total. The number of carbonyl (C=O) groups is 2. The van der Waals surface area contributed by atoms with Crippen LogP contribution in [0.3, 0.4) is 0 Å². The highest BCUT2D eigenvalue weighted by Gasteiger charge is 2.53. The van der Waals surface area contributed by atoms with E-state index in [0.717, 1.165) is 18.4 Å². The smallest absolute Gasteiger partial charge is 0.290 e. The molecule has 1 aromatic heterocycles. The Kier molecular flexibility index (Phi) is 6.58. The minimum Gasteiger partial charge on any atom is -0.493 e. The third kappa shape index (κ3) is 4.29. The summed E-state index contributed by atoms with van der Waals surface area (Å²) in [6.07, 6.45) is 2.88. The normalized spacial score (nSPS) is 27.7. The molecular formula is C29H35NO6. The molecule has 1 amide bonds. The van der Waals surface area contributed by atoms with Gasteiger partial charge in [0.05, 0.1) is 44.1 Å². The van der Waals surface area contributed by atoms with Crippen molar-refractivity contribution in [1.29, 1.82) is 0 Å². The van der Waals surface area contributed by atoms with Gasteiger partial charge in [-0.15, -0.1) is 0 Å². The summed E-state index contributed by atoms with van der Waals surface area (Å²) >= 11 is 0. The molecule has 5 atom stereocenters. The van der Waals surface area contributed by atoms with Crippen molar-refractivity contribution < 1.29 is 28.2 Å². The molecule has 36 heavy (non-hydrogen) atoms. The van der Waals surface area contributed by atoms with Crippen molar-refractivity contribution in [3.8, 4) is 11.5 Å². The van der Waals surface area contributed by atoms with E-state index in [2.05, 4.69) is 27.7 Å². The zero-order chi connectivity index (χ0) is 25.6. The third-order valence-corrected chi connectivity index (χ3v) is 7.79. The van der Waals surface area contributed by atoms with Crippen LogP contribution in [0, 0.1) is 23.7 Å². The number of benzene rings is 1. The van der Waals surface area contributed by atoms with Gasteiger partial charge in [0.1, 0.15) is 11.9 Å². The average Bonchev–Trinajstić information content (AvgIpc) is 3.46. The fourth-order valence-electron chi connectivity index (χ4n) is 5.62. The van der Waals surface area contributed by atoms with Gasteiger partial charge >= 0.3 is 0 Å². The van der Waals surface area contributed by atoms with E-state index in [1.54, 1.807) is 24.3 Å². The minimum absolute atomic E-state index is 0.0272. The van der Waals surface area contributed by atoms with Crippen LogP contribution in [0.25, 0.3) is 0 Å². The monoisotopic (exact) mass is 493 g/mol. The van der Waals surface area contributed by atoms with Crippen LogP contribution < -0.4 is 9.47 Å². The Hall–Kier alpha value is -3.22. The van der Waals surface area contributed by atoms with Crippen LogP contribution in [-0.4, -0.2) is 36.4 Å². The Balaban J connectivity index is 1.55. The van der Waals surface area contributed by atoms with Gasteiger partial charge in [-0.05, 0) is 60.4 Å². The van der Waals surface area contributed by atoms with Crippen molar-refractivity contribution >= 4 is 11.7 Å². The molecule has 5 rings (SSSR count). The molecule has 1 aliphatic carbocycles. The molecule has 192 valence electrons. The number of Topliss-reactive ketones (excluding diaryl/α,β-unsaturated/α-hetero) is 1. The second kappa shape index (κ2) is 9.68. The minimum atomic E-state index is -0.589. The number of hydrogen-bond acceptors (Lipinski definition) is 6. The summed E-state index contributed by atoms with van der Waals surface area (Å²) in [5.41, 5.74) is 1.23. The SMILES string of the molecule is COc1cc(C2C3=C(OC4CC(C)C(C)CC4C3=O)C(=O)N2Cc2ccco2)ccc1OCC(C)C. The fraction of sp³-hybridized carbons (Fsp3) is 0.517. The highest BCUT2D eigenvalue weighted by atomic mass is 16.5. The largest absolute Gasteiger partial charge is 0.493 e. The first kappa shape index (κ1) is 24.5. The molecule has 5 unspecified atom stereocenters. The summed E-state index contributed by atoms with van der Waals surface area (Å²) in [7, 11) is 1.59. The molecule has 0 bridgehead atoms. The summed E-state index contributed by atoms with van der Waals surface area (Å²) in [4.78, 5) is 29.4. The molecule has 1 saturated carbocycles. The van der Waals surface area contributed by atoms with Gasteiger partial charge in [0.2, 0.25) is 0 Å². The number of ether oxygens (including phenoxy) is 3. The molecule has 1 fully saturated rings. The van der Waals surface area contributed by atoms with Gasteiger partial charge in [-0.25, -0.2) is 0 Å². The van der Waals surface area contributed by atoms with E-state index in [-0.39, 0.29) is 36.0 Å². The quantitative estimate of drug-likeness (QED) is 0.520. The maximum absolute atomic E-state index is 14.0. The highest BCUT2D eigenvalue weighted by molar-refractivity contribution is 6.11. The van der Waals surface area contributed by atoms with Gasteiger partial charge in [-0.2, -0.15) is 0 Å². The van der Waals surface area contributed by atoms with Gasteiger partial charge in [-0.3, -0.25) is 9.59 Å². The summed E-state index contributed by atoms with van der Waals surface area (Å²) in [6, 6.07) is 8.66. The lowest BCUT2D eigenvalue weighted by Crippen LogP contribution is -2.43. The Bertz CT molecular complexity index is 1170. The highest BCUT2D eigenvalue weighted by Crippen LogP contribution is 2.49. The van der Waals surface area contributed by atoms with E-state index in [0.29, 0.717) is 47.2 Å². The van der Waals surface area contributed by atoms with E-state index in [4.69, 9.17) is 18.6 Å². The Morgan fingerprint density at radius 1 is 1.08 bits per heavy atom. The number of ketones is 1. The van der Waals surface area contributed by atoms with Gasteiger partial charge in [0.25, 0.3) is 5.91 Å². The molecular weight excluding hydrogens is 458 g/mol. The first-order valence-electron chi connectivity index (χ1n) is 12.9. The second-order valence-electron chi connectivity index (χ2n) is 10.8. The summed E-state index contributed by atoms with van der Waals surface area (Å²) in [5, 5.41) is 0. The fourth-order valence-corrected chi connectivity index (χ4v) is 5.62. The van der Waals surface area contributed by atoms with E-state index >= 15 is 0 Å². The van der Waals surface area contributed by atoms with Crippen LogP contribution >= 0.6 is 0 Å². The van der Waals surface area contributed by atoms with E-state index in [9.17, 15) is 9.59 Å². The number of fused-ring (bicyclic) bond motifs is 1. The zero-order valence-electron chi connectivity index (χ0n) is 21.7. The molecule has 2 aliphatic heterocycles. The third-order valence-electron chi connectivity index (χ3n) is 7.79. The average molecular weight is 494 g/mol. The summed E-state index contributed by atoms with van der Waals surface area (Å²) in [6.45, 7) is 9.34. The number of methoxy groups -OCH3 is 1. The predicted molar refractivity (Wildman–Crippen MR) is 133 cm³/mol. The molecule has 0 radical (unpaired) electrons.